The smallest absolute Gasteiger partial charge is 0.120 e. The van der Waals surface area contributed by atoms with Gasteiger partial charge in [-0.25, -0.2) is 4.98 Å². The van der Waals surface area contributed by atoms with Gasteiger partial charge in [0.15, 0.2) is 0 Å². The van der Waals surface area contributed by atoms with Crippen LogP contribution in [0, 0.1) is 6.92 Å². The van der Waals surface area contributed by atoms with E-state index >= 15 is 0 Å². The lowest BCUT2D eigenvalue weighted by Crippen LogP contribution is -2.38. The van der Waals surface area contributed by atoms with Crippen LogP contribution in [0.15, 0.2) is 24.8 Å². The standard InChI is InChI=1S/C13H17N5O/c1-10-6-17-11(7-16-10)12-8-18(4-5-19-12)9-13-14-2-3-15-13/h2-3,6-7,12H,4-5,8-9H2,1H3,(H,14,15)/t12-/m1/s1. The van der Waals surface area contributed by atoms with Crippen LogP contribution in [0.2, 0.25) is 0 Å². The quantitative estimate of drug-likeness (QED) is 0.893. The molecule has 0 amide bonds. The second-order valence-corrected chi connectivity index (χ2v) is 4.71. The second-order valence-electron chi connectivity index (χ2n) is 4.71. The molecular formula is C13H17N5O. The molecule has 0 spiro atoms. The molecule has 2 aromatic rings. The molecule has 0 radical (unpaired) electrons. The van der Waals surface area contributed by atoms with E-state index in [1.165, 1.54) is 0 Å². The van der Waals surface area contributed by atoms with E-state index in [1.54, 1.807) is 18.6 Å². The highest BCUT2D eigenvalue weighted by Crippen LogP contribution is 2.20. The molecule has 3 heterocycles. The number of hydrogen-bond acceptors (Lipinski definition) is 5. The monoisotopic (exact) mass is 259 g/mol. The first-order chi connectivity index (χ1) is 9.31. The van der Waals surface area contributed by atoms with E-state index < -0.39 is 0 Å². The molecule has 1 aliphatic heterocycles. The molecule has 6 nitrogen and oxygen atoms in total. The highest BCUT2D eigenvalue weighted by Gasteiger charge is 2.23. The SMILES string of the molecule is Cc1cnc([C@H]2CN(Cc3ncc[nH]3)CCO2)cn1. The summed E-state index contributed by atoms with van der Waals surface area (Å²) >= 11 is 0. The number of imidazole rings is 1. The minimum Gasteiger partial charge on any atom is -0.369 e. The van der Waals surface area contributed by atoms with Crippen molar-refractivity contribution in [3.63, 3.8) is 0 Å². The maximum Gasteiger partial charge on any atom is 0.120 e. The average molecular weight is 259 g/mol. The number of morpholine rings is 1. The number of rotatable bonds is 3. The number of nitrogens with one attached hydrogen (secondary N) is 1. The van der Waals surface area contributed by atoms with Gasteiger partial charge in [-0.3, -0.25) is 14.9 Å². The highest BCUT2D eigenvalue weighted by atomic mass is 16.5. The minimum absolute atomic E-state index is 0.00295. The first kappa shape index (κ1) is 12.3. The van der Waals surface area contributed by atoms with Crippen molar-refractivity contribution < 1.29 is 4.74 Å². The molecule has 1 fully saturated rings. The first-order valence-electron chi connectivity index (χ1n) is 6.42. The van der Waals surface area contributed by atoms with Crippen molar-refractivity contribution in [2.45, 2.75) is 19.6 Å². The molecule has 0 bridgehead atoms. The summed E-state index contributed by atoms with van der Waals surface area (Å²) in [7, 11) is 0. The van der Waals surface area contributed by atoms with Gasteiger partial charge in [0.05, 0.1) is 30.7 Å². The molecule has 100 valence electrons. The predicted octanol–water partition coefficient (Wildman–Crippen LogP) is 1.08. The first-order valence-corrected chi connectivity index (χ1v) is 6.42. The topological polar surface area (TPSA) is 66.9 Å². The van der Waals surface area contributed by atoms with Crippen LogP contribution in [-0.4, -0.2) is 44.5 Å². The summed E-state index contributed by atoms with van der Waals surface area (Å²) in [6.45, 7) is 5.18. The Morgan fingerprint density at radius 3 is 3.05 bits per heavy atom. The minimum atomic E-state index is -0.00295. The third-order valence-electron chi connectivity index (χ3n) is 3.21. The van der Waals surface area contributed by atoms with E-state index in [0.717, 1.165) is 36.8 Å². The Labute approximate surface area is 111 Å². The number of aryl methyl sites for hydroxylation is 1. The lowest BCUT2D eigenvalue weighted by Gasteiger charge is -2.31. The van der Waals surface area contributed by atoms with Crippen LogP contribution in [0.3, 0.4) is 0 Å². The van der Waals surface area contributed by atoms with Crippen LogP contribution >= 0.6 is 0 Å². The maximum atomic E-state index is 5.78. The molecule has 1 aliphatic rings. The van der Waals surface area contributed by atoms with Crippen molar-refractivity contribution in [3.05, 3.63) is 42.0 Å². The number of aromatic amines is 1. The van der Waals surface area contributed by atoms with Gasteiger partial charge in [-0.05, 0) is 6.92 Å². The van der Waals surface area contributed by atoms with Gasteiger partial charge < -0.3 is 9.72 Å². The molecule has 0 aliphatic carbocycles. The molecule has 1 atom stereocenters. The van der Waals surface area contributed by atoms with Crippen molar-refractivity contribution in [1.29, 1.82) is 0 Å². The molecule has 1 saturated heterocycles. The van der Waals surface area contributed by atoms with E-state index in [9.17, 15) is 0 Å². The summed E-state index contributed by atoms with van der Waals surface area (Å²) in [6, 6.07) is 0. The van der Waals surface area contributed by atoms with Gasteiger partial charge >= 0.3 is 0 Å². The Balaban J connectivity index is 1.66. The lowest BCUT2D eigenvalue weighted by atomic mass is 10.2. The van der Waals surface area contributed by atoms with Gasteiger partial charge in [0.2, 0.25) is 0 Å². The van der Waals surface area contributed by atoms with Gasteiger partial charge in [0, 0.05) is 31.7 Å². The summed E-state index contributed by atoms with van der Waals surface area (Å²) in [4.78, 5) is 18.4. The molecule has 0 aromatic carbocycles. The van der Waals surface area contributed by atoms with E-state index in [-0.39, 0.29) is 6.10 Å². The zero-order valence-corrected chi connectivity index (χ0v) is 10.9. The Bertz CT molecular complexity index is 510. The Hall–Kier alpha value is -1.79. The summed E-state index contributed by atoms with van der Waals surface area (Å²) < 4.78 is 5.78. The molecule has 19 heavy (non-hydrogen) atoms. The third-order valence-corrected chi connectivity index (χ3v) is 3.21. The molecule has 1 N–H and O–H groups in total. The molecule has 6 heteroatoms. The van der Waals surface area contributed by atoms with Crippen molar-refractivity contribution in [2.75, 3.05) is 19.7 Å². The number of hydrogen-bond donors (Lipinski definition) is 1. The van der Waals surface area contributed by atoms with Gasteiger partial charge in [-0.2, -0.15) is 0 Å². The van der Waals surface area contributed by atoms with Crippen molar-refractivity contribution in [2.24, 2.45) is 0 Å². The Morgan fingerprint density at radius 1 is 1.37 bits per heavy atom. The summed E-state index contributed by atoms with van der Waals surface area (Å²) in [5.41, 5.74) is 1.82. The van der Waals surface area contributed by atoms with Crippen LogP contribution in [0.1, 0.15) is 23.3 Å². The number of ether oxygens (including phenoxy) is 1. The number of aromatic nitrogens is 4. The predicted molar refractivity (Wildman–Crippen MR) is 69.3 cm³/mol. The molecule has 2 aromatic heterocycles. The largest absolute Gasteiger partial charge is 0.369 e. The van der Waals surface area contributed by atoms with Gasteiger partial charge in [-0.15, -0.1) is 0 Å². The van der Waals surface area contributed by atoms with Gasteiger partial charge in [-0.1, -0.05) is 0 Å². The van der Waals surface area contributed by atoms with E-state index in [0.29, 0.717) is 6.61 Å². The van der Waals surface area contributed by atoms with Gasteiger partial charge in [0.1, 0.15) is 11.9 Å². The van der Waals surface area contributed by atoms with E-state index in [1.807, 2.05) is 13.1 Å². The maximum absolute atomic E-state index is 5.78. The van der Waals surface area contributed by atoms with Crippen molar-refractivity contribution >= 4 is 0 Å². The molecule has 0 saturated carbocycles. The third kappa shape index (κ3) is 2.97. The summed E-state index contributed by atoms with van der Waals surface area (Å²) in [6.07, 6.45) is 7.20. The van der Waals surface area contributed by atoms with Gasteiger partial charge in [0.25, 0.3) is 0 Å². The zero-order chi connectivity index (χ0) is 13.1. The van der Waals surface area contributed by atoms with Crippen molar-refractivity contribution in [3.8, 4) is 0 Å². The van der Waals surface area contributed by atoms with E-state index in [4.69, 9.17) is 4.74 Å². The molecule has 0 unspecified atom stereocenters. The van der Waals surface area contributed by atoms with Crippen LogP contribution < -0.4 is 0 Å². The van der Waals surface area contributed by atoms with Crippen LogP contribution in [-0.2, 0) is 11.3 Å². The van der Waals surface area contributed by atoms with Crippen LogP contribution in [0.4, 0.5) is 0 Å². The fraction of sp³-hybridized carbons (Fsp3) is 0.462. The number of H-pyrrole nitrogens is 1. The van der Waals surface area contributed by atoms with Crippen LogP contribution in [0.25, 0.3) is 0 Å². The lowest BCUT2D eigenvalue weighted by molar-refractivity contribution is -0.0358. The normalized spacial score (nSPS) is 20.6. The molecule has 3 rings (SSSR count). The zero-order valence-electron chi connectivity index (χ0n) is 10.9. The van der Waals surface area contributed by atoms with E-state index in [2.05, 4.69) is 24.8 Å². The fourth-order valence-corrected chi connectivity index (χ4v) is 2.19. The van der Waals surface area contributed by atoms with Crippen LogP contribution in [0.5, 0.6) is 0 Å². The summed E-state index contributed by atoms with van der Waals surface area (Å²) in [5.74, 6) is 0.982. The Kier molecular flexibility index (Phi) is 3.52. The molecular weight excluding hydrogens is 242 g/mol. The Morgan fingerprint density at radius 2 is 2.32 bits per heavy atom. The average Bonchev–Trinajstić information content (AvgIpc) is 2.93. The highest BCUT2D eigenvalue weighted by molar-refractivity contribution is 5.05. The second kappa shape index (κ2) is 5.46. The fourth-order valence-electron chi connectivity index (χ4n) is 2.19. The summed E-state index contributed by atoms with van der Waals surface area (Å²) in [5, 5.41) is 0. The van der Waals surface area contributed by atoms with Crippen molar-refractivity contribution in [1.82, 2.24) is 24.8 Å². The number of nitrogens with zero attached hydrogens (tertiary/aromatic N) is 4.